The van der Waals surface area contributed by atoms with E-state index in [1.165, 1.54) is 12.8 Å². The van der Waals surface area contributed by atoms with Crippen molar-refractivity contribution in [2.75, 3.05) is 19.7 Å². The van der Waals surface area contributed by atoms with E-state index in [-0.39, 0.29) is 0 Å². The number of piperidine rings is 1. The van der Waals surface area contributed by atoms with Crippen LogP contribution in [0.4, 0.5) is 0 Å². The summed E-state index contributed by atoms with van der Waals surface area (Å²) in [7, 11) is 0. The fraction of sp³-hybridized carbons (Fsp3) is 0.467. The first-order chi connectivity index (χ1) is 9.34. The van der Waals surface area contributed by atoms with Gasteiger partial charge in [0.25, 0.3) is 0 Å². The Hall–Kier alpha value is -1.68. The monoisotopic (exact) mass is 257 g/mol. The highest BCUT2D eigenvalue weighted by molar-refractivity contribution is 5.88. The molecule has 0 saturated carbocycles. The molecule has 0 amide bonds. The second kappa shape index (κ2) is 5.53. The van der Waals surface area contributed by atoms with Gasteiger partial charge in [-0.2, -0.15) is 5.10 Å². The lowest BCUT2D eigenvalue weighted by Gasteiger charge is -2.22. The van der Waals surface area contributed by atoms with Gasteiger partial charge < -0.3 is 10.1 Å². The summed E-state index contributed by atoms with van der Waals surface area (Å²) in [4.78, 5) is 0. The van der Waals surface area contributed by atoms with Crippen LogP contribution in [-0.2, 0) is 0 Å². The van der Waals surface area contributed by atoms with Gasteiger partial charge in [-0.15, -0.1) is 5.10 Å². The summed E-state index contributed by atoms with van der Waals surface area (Å²) in [5, 5.41) is 13.9. The zero-order valence-electron chi connectivity index (χ0n) is 11.2. The third-order valence-electron chi connectivity index (χ3n) is 3.75. The highest BCUT2D eigenvalue weighted by atomic mass is 16.5. The van der Waals surface area contributed by atoms with Crippen molar-refractivity contribution in [3.05, 3.63) is 30.0 Å². The SMILES string of the molecule is Cc1nnc(OCC2CCNCC2)c2ccccc12. The van der Waals surface area contributed by atoms with Crippen LogP contribution in [0.1, 0.15) is 18.5 Å². The van der Waals surface area contributed by atoms with Crippen molar-refractivity contribution in [1.29, 1.82) is 0 Å². The number of aryl methyl sites for hydroxylation is 1. The maximum atomic E-state index is 5.91. The molecule has 19 heavy (non-hydrogen) atoms. The minimum Gasteiger partial charge on any atom is -0.476 e. The molecular formula is C15H19N3O. The molecule has 4 heteroatoms. The van der Waals surface area contributed by atoms with Gasteiger partial charge in [0.1, 0.15) is 0 Å². The van der Waals surface area contributed by atoms with Gasteiger partial charge in [0, 0.05) is 10.8 Å². The predicted octanol–water partition coefficient (Wildman–Crippen LogP) is 2.32. The molecule has 1 aromatic heterocycles. The van der Waals surface area contributed by atoms with Gasteiger partial charge in [0.15, 0.2) is 0 Å². The summed E-state index contributed by atoms with van der Waals surface area (Å²) in [5.41, 5.74) is 0.949. The largest absolute Gasteiger partial charge is 0.476 e. The number of hydrogen-bond donors (Lipinski definition) is 1. The predicted molar refractivity (Wildman–Crippen MR) is 75.4 cm³/mol. The van der Waals surface area contributed by atoms with Crippen LogP contribution in [-0.4, -0.2) is 29.9 Å². The molecule has 0 unspecified atom stereocenters. The Kier molecular flexibility index (Phi) is 3.60. The second-order valence-corrected chi connectivity index (χ2v) is 5.14. The number of hydrogen-bond acceptors (Lipinski definition) is 4. The van der Waals surface area contributed by atoms with E-state index in [9.17, 15) is 0 Å². The highest BCUT2D eigenvalue weighted by Crippen LogP contribution is 2.25. The van der Waals surface area contributed by atoms with Crippen LogP contribution in [0, 0.1) is 12.8 Å². The van der Waals surface area contributed by atoms with Crippen molar-refractivity contribution in [2.45, 2.75) is 19.8 Å². The van der Waals surface area contributed by atoms with Gasteiger partial charge in [-0.1, -0.05) is 18.2 Å². The molecule has 2 heterocycles. The van der Waals surface area contributed by atoms with Crippen LogP contribution in [0.5, 0.6) is 5.88 Å². The first kappa shape index (κ1) is 12.4. The van der Waals surface area contributed by atoms with Gasteiger partial charge in [-0.25, -0.2) is 0 Å². The maximum Gasteiger partial charge on any atom is 0.241 e. The van der Waals surface area contributed by atoms with E-state index in [0.717, 1.165) is 36.2 Å². The Labute approximate surface area is 113 Å². The molecule has 2 aromatic rings. The van der Waals surface area contributed by atoms with Crippen molar-refractivity contribution in [1.82, 2.24) is 15.5 Å². The number of nitrogens with one attached hydrogen (secondary N) is 1. The van der Waals surface area contributed by atoms with E-state index in [0.29, 0.717) is 11.8 Å². The molecule has 0 spiro atoms. The number of ether oxygens (including phenoxy) is 1. The normalized spacial score (nSPS) is 16.7. The molecule has 100 valence electrons. The van der Waals surface area contributed by atoms with Gasteiger partial charge in [-0.05, 0) is 44.8 Å². The molecule has 0 radical (unpaired) electrons. The van der Waals surface area contributed by atoms with Gasteiger partial charge in [0.2, 0.25) is 5.88 Å². The molecule has 1 fully saturated rings. The van der Waals surface area contributed by atoms with Crippen molar-refractivity contribution in [2.24, 2.45) is 5.92 Å². The smallest absolute Gasteiger partial charge is 0.241 e. The average molecular weight is 257 g/mol. The van der Waals surface area contributed by atoms with E-state index in [2.05, 4.69) is 27.6 Å². The minimum absolute atomic E-state index is 0.628. The summed E-state index contributed by atoms with van der Waals surface area (Å²) >= 11 is 0. The third-order valence-corrected chi connectivity index (χ3v) is 3.75. The van der Waals surface area contributed by atoms with Gasteiger partial charge in [0.05, 0.1) is 12.3 Å². The number of rotatable bonds is 3. The van der Waals surface area contributed by atoms with Crippen molar-refractivity contribution in [3.8, 4) is 5.88 Å². The molecule has 0 bridgehead atoms. The molecule has 1 aromatic carbocycles. The quantitative estimate of drug-likeness (QED) is 0.916. The molecular weight excluding hydrogens is 238 g/mol. The van der Waals surface area contributed by atoms with E-state index < -0.39 is 0 Å². The fourth-order valence-corrected chi connectivity index (χ4v) is 2.57. The number of nitrogens with zero attached hydrogens (tertiary/aromatic N) is 2. The Bertz CT molecular complexity index is 564. The standard InChI is InChI=1S/C15H19N3O/c1-11-13-4-2-3-5-14(13)15(18-17-11)19-10-12-6-8-16-9-7-12/h2-5,12,16H,6-10H2,1H3. The molecule has 1 saturated heterocycles. The van der Waals surface area contributed by atoms with E-state index in [4.69, 9.17) is 4.74 Å². The molecule has 1 aliphatic heterocycles. The summed E-state index contributed by atoms with van der Waals surface area (Å²) in [5.74, 6) is 1.29. The zero-order chi connectivity index (χ0) is 13.1. The summed E-state index contributed by atoms with van der Waals surface area (Å²) in [6.45, 7) is 4.90. The Balaban J connectivity index is 1.79. The Morgan fingerprint density at radius 1 is 1.16 bits per heavy atom. The van der Waals surface area contributed by atoms with E-state index in [1.54, 1.807) is 0 Å². The van der Waals surface area contributed by atoms with Crippen LogP contribution in [0.2, 0.25) is 0 Å². The first-order valence-electron chi connectivity index (χ1n) is 6.90. The van der Waals surface area contributed by atoms with Crippen molar-refractivity contribution < 1.29 is 4.74 Å². The topological polar surface area (TPSA) is 47.0 Å². The molecule has 1 aliphatic rings. The molecule has 0 aliphatic carbocycles. The van der Waals surface area contributed by atoms with Gasteiger partial charge in [-0.3, -0.25) is 0 Å². The van der Waals surface area contributed by atoms with E-state index >= 15 is 0 Å². The fourth-order valence-electron chi connectivity index (χ4n) is 2.57. The zero-order valence-corrected chi connectivity index (χ0v) is 11.2. The second-order valence-electron chi connectivity index (χ2n) is 5.14. The van der Waals surface area contributed by atoms with Gasteiger partial charge >= 0.3 is 0 Å². The Morgan fingerprint density at radius 3 is 2.68 bits per heavy atom. The van der Waals surface area contributed by atoms with Crippen LogP contribution in [0.15, 0.2) is 24.3 Å². The Morgan fingerprint density at radius 2 is 1.89 bits per heavy atom. The highest BCUT2D eigenvalue weighted by Gasteiger charge is 2.15. The van der Waals surface area contributed by atoms with Crippen LogP contribution in [0.3, 0.4) is 0 Å². The molecule has 4 nitrogen and oxygen atoms in total. The lowest BCUT2D eigenvalue weighted by atomic mass is 9.99. The molecule has 1 N–H and O–H groups in total. The van der Waals surface area contributed by atoms with Crippen molar-refractivity contribution >= 4 is 10.8 Å². The maximum absolute atomic E-state index is 5.91. The summed E-state index contributed by atoms with van der Waals surface area (Å²) in [6, 6.07) is 8.15. The average Bonchev–Trinajstić information content (AvgIpc) is 2.48. The lowest BCUT2D eigenvalue weighted by molar-refractivity contribution is 0.209. The number of aromatic nitrogens is 2. The molecule has 3 rings (SSSR count). The minimum atomic E-state index is 0.628. The van der Waals surface area contributed by atoms with Crippen LogP contribution < -0.4 is 10.1 Å². The number of benzene rings is 1. The van der Waals surface area contributed by atoms with E-state index in [1.807, 2.05) is 19.1 Å². The van der Waals surface area contributed by atoms with Crippen LogP contribution in [0.25, 0.3) is 10.8 Å². The van der Waals surface area contributed by atoms with Crippen molar-refractivity contribution in [3.63, 3.8) is 0 Å². The summed E-state index contributed by atoms with van der Waals surface area (Å²) < 4.78 is 5.91. The van der Waals surface area contributed by atoms with Crippen LogP contribution >= 0.6 is 0 Å². The third kappa shape index (κ3) is 2.68. The number of fused-ring (bicyclic) bond motifs is 1. The molecule has 0 atom stereocenters. The lowest BCUT2D eigenvalue weighted by Crippen LogP contribution is -2.30. The summed E-state index contributed by atoms with van der Waals surface area (Å²) in [6.07, 6.45) is 2.36. The first-order valence-corrected chi connectivity index (χ1v) is 6.90.